The molecule has 2 aromatic rings. The van der Waals surface area contributed by atoms with Gasteiger partial charge in [0.05, 0.1) is 18.9 Å². The summed E-state index contributed by atoms with van der Waals surface area (Å²) >= 11 is 0. The molecule has 0 saturated carbocycles. The van der Waals surface area contributed by atoms with Gasteiger partial charge in [0.25, 0.3) is 5.91 Å². The number of nitrogens with one attached hydrogen (secondary N) is 2. The molecule has 1 aromatic heterocycles. The Labute approximate surface area is 140 Å². The number of hydrogen-bond donors (Lipinski definition) is 2. The van der Waals surface area contributed by atoms with Crippen molar-refractivity contribution in [3.8, 4) is 5.75 Å². The van der Waals surface area contributed by atoms with Crippen molar-refractivity contribution >= 4 is 17.4 Å². The number of anilines is 2. The second kappa shape index (κ2) is 7.74. The number of amides is 1. The molecule has 1 unspecified atom stereocenters. The molecule has 1 aliphatic rings. The Morgan fingerprint density at radius 2 is 2.17 bits per heavy atom. The van der Waals surface area contributed by atoms with E-state index in [0.717, 1.165) is 19.4 Å². The van der Waals surface area contributed by atoms with Gasteiger partial charge >= 0.3 is 0 Å². The largest absolute Gasteiger partial charge is 0.495 e. The number of ether oxygens (including phenoxy) is 2. The lowest BCUT2D eigenvalue weighted by atomic mass is 10.2. The minimum atomic E-state index is -0.335. The molecule has 1 amide bonds. The third kappa shape index (κ3) is 3.99. The molecule has 3 rings (SSSR count). The molecule has 0 spiro atoms. The molecular weight excluding hydrogens is 308 g/mol. The molecule has 7 heteroatoms. The van der Waals surface area contributed by atoms with Crippen molar-refractivity contribution in [1.29, 1.82) is 0 Å². The maximum Gasteiger partial charge on any atom is 0.276 e. The van der Waals surface area contributed by atoms with Crippen LogP contribution in [-0.2, 0) is 4.74 Å². The molecule has 1 saturated heterocycles. The van der Waals surface area contributed by atoms with Crippen LogP contribution in [0.3, 0.4) is 0 Å². The monoisotopic (exact) mass is 328 g/mol. The van der Waals surface area contributed by atoms with Crippen LogP contribution in [0.5, 0.6) is 5.75 Å². The van der Waals surface area contributed by atoms with Crippen molar-refractivity contribution in [2.75, 3.05) is 30.9 Å². The van der Waals surface area contributed by atoms with E-state index in [-0.39, 0.29) is 17.7 Å². The van der Waals surface area contributed by atoms with Gasteiger partial charge in [0.1, 0.15) is 11.6 Å². The first-order chi connectivity index (χ1) is 11.8. The minimum absolute atomic E-state index is 0.223. The van der Waals surface area contributed by atoms with Crippen LogP contribution in [0.25, 0.3) is 0 Å². The highest BCUT2D eigenvalue weighted by atomic mass is 16.5. The quantitative estimate of drug-likeness (QED) is 0.846. The molecule has 0 bridgehead atoms. The fourth-order valence-electron chi connectivity index (χ4n) is 2.51. The number of methoxy groups -OCH3 is 1. The summed E-state index contributed by atoms with van der Waals surface area (Å²) in [5, 5.41) is 13.9. The van der Waals surface area contributed by atoms with Crippen LogP contribution in [0.2, 0.25) is 0 Å². The Morgan fingerprint density at radius 3 is 2.88 bits per heavy atom. The highest BCUT2D eigenvalue weighted by Gasteiger charge is 2.15. The fourth-order valence-corrected chi connectivity index (χ4v) is 2.51. The van der Waals surface area contributed by atoms with Crippen molar-refractivity contribution in [2.24, 2.45) is 0 Å². The molecule has 126 valence electrons. The summed E-state index contributed by atoms with van der Waals surface area (Å²) in [6.07, 6.45) is 2.38. The summed E-state index contributed by atoms with van der Waals surface area (Å²) in [6.45, 7) is 1.52. The molecule has 1 aromatic carbocycles. The van der Waals surface area contributed by atoms with Gasteiger partial charge in [-0.2, -0.15) is 0 Å². The van der Waals surface area contributed by atoms with E-state index in [0.29, 0.717) is 23.8 Å². The van der Waals surface area contributed by atoms with Crippen molar-refractivity contribution in [3.63, 3.8) is 0 Å². The molecule has 2 N–H and O–H groups in total. The summed E-state index contributed by atoms with van der Waals surface area (Å²) in [6, 6.07) is 10.6. The van der Waals surface area contributed by atoms with Crippen LogP contribution in [0.1, 0.15) is 23.3 Å². The maximum atomic E-state index is 12.3. The molecule has 7 nitrogen and oxygen atoms in total. The van der Waals surface area contributed by atoms with Gasteiger partial charge in [-0.25, -0.2) is 0 Å². The van der Waals surface area contributed by atoms with Crippen LogP contribution in [0, 0.1) is 0 Å². The van der Waals surface area contributed by atoms with Gasteiger partial charge in [0, 0.05) is 13.2 Å². The van der Waals surface area contributed by atoms with E-state index in [2.05, 4.69) is 20.8 Å². The van der Waals surface area contributed by atoms with Crippen molar-refractivity contribution < 1.29 is 14.3 Å². The SMILES string of the molecule is COc1ccccc1NC(=O)c1ccc(NCC2CCCO2)nn1. The summed E-state index contributed by atoms with van der Waals surface area (Å²) in [7, 11) is 1.55. The van der Waals surface area contributed by atoms with Crippen molar-refractivity contribution in [2.45, 2.75) is 18.9 Å². The first-order valence-electron chi connectivity index (χ1n) is 7.90. The minimum Gasteiger partial charge on any atom is -0.495 e. The van der Waals surface area contributed by atoms with E-state index in [4.69, 9.17) is 9.47 Å². The lowest BCUT2D eigenvalue weighted by Crippen LogP contribution is -2.20. The van der Waals surface area contributed by atoms with Crippen LogP contribution in [-0.4, -0.2) is 42.5 Å². The summed E-state index contributed by atoms with van der Waals surface area (Å²) < 4.78 is 10.7. The van der Waals surface area contributed by atoms with Gasteiger partial charge in [-0.3, -0.25) is 4.79 Å². The van der Waals surface area contributed by atoms with Gasteiger partial charge < -0.3 is 20.1 Å². The number of nitrogens with zero attached hydrogens (tertiary/aromatic N) is 2. The topological polar surface area (TPSA) is 85.4 Å². The number of carbonyl (C=O) groups excluding carboxylic acids is 1. The standard InChI is InChI=1S/C17H20N4O3/c1-23-15-7-3-2-6-13(15)19-17(22)14-8-9-16(21-20-14)18-11-12-5-4-10-24-12/h2-3,6-9,12H,4-5,10-11H2,1H3,(H,18,21)(H,19,22). The second-order valence-electron chi connectivity index (χ2n) is 5.47. The first-order valence-corrected chi connectivity index (χ1v) is 7.90. The summed E-state index contributed by atoms with van der Waals surface area (Å²) in [5.74, 6) is 0.880. The average Bonchev–Trinajstić information content (AvgIpc) is 3.14. The average molecular weight is 328 g/mol. The molecule has 1 atom stereocenters. The molecule has 24 heavy (non-hydrogen) atoms. The Kier molecular flexibility index (Phi) is 5.22. The van der Waals surface area contributed by atoms with Gasteiger partial charge in [0.15, 0.2) is 5.69 Å². The predicted octanol–water partition coefficient (Wildman–Crippen LogP) is 2.33. The number of para-hydroxylation sites is 2. The number of hydrogen-bond acceptors (Lipinski definition) is 6. The molecular formula is C17H20N4O3. The van der Waals surface area contributed by atoms with E-state index >= 15 is 0 Å². The lowest BCUT2D eigenvalue weighted by Gasteiger charge is -2.11. The zero-order valence-corrected chi connectivity index (χ0v) is 13.5. The smallest absolute Gasteiger partial charge is 0.276 e. The van der Waals surface area contributed by atoms with Crippen molar-refractivity contribution in [1.82, 2.24) is 10.2 Å². The molecule has 0 radical (unpaired) electrons. The van der Waals surface area contributed by atoms with Crippen LogP contribution < -0.4 is 15.4 Å². The normalized spacial score (nSPS) is 16.6. The molecule has 0 aliphatic carbocycles. The maximum absolute atomic E-state index is 12.3. The van der Waals surface area contributed by atoms with E-state index < -0.39 is 0 Å². The summed E-state index contributed by atoms with van der Waals surface area (Å²) in [4.78, 5) is 12.3. The van der Waals surface area contributed by atoms with E-state index in [1.54, 1.807) is 31.4 Å². The van der Waals surface area contributed by atoms with Crippen LogP contribution in [0.4, 0.5) is 11.5 Å². The van der Waals surface area contributed by atoms with Crippen LogP contribution >= 0.6 is 0 Å². The third-order valence-corrected chi connectivity index (χ3v) is 3.79. The van der Waals surface area contributed by atoms with E-state index in [1.165, 1.54) is 0 Å². The highest BCUT2D eigenvalue weighted by molar-refractivity contribution is 6.03. The lowest BCUT2D eigenvalue weighted by molar-refractivity contribution is 0.102. The van der Waals surface area contributed by atoms with E-state index in [9.17, 15) is 4.79 Å². The van der Waals surface area contributed by atoms with Gasteiger partial charge in [-0.15, -0.1) is 10.2 Å². The first kappa shape index (κ1) is 16.2. The van der Waals surface area contributed by atoms with E-state index in [1.807, 2.05) is 12.1 Å². The number of rotatable bonds is 6. The Morgan fingerprint density at radius 1 is 1.29 bits per heavy atom. The number of aromatic nitrogens is 2. The van der Waals surface area contributed by atoms with Crippen LogP contribution in [0.15, 0.2) is 36.4 Å². The van der Waals surface area contributed by atoms with Gasteiger partial charge in [-0.05, 0) is 37.1 Å². The molecule has 2 heterocycles. The summed E-state index contributed by atoms with van der Waals surface area (Å²) in [5.41, 5.74) is 0.830. The van der Waals surface area contributed by atoms with Crippen molar-refractivity contribution in [3.05, 3.63) is 42.1 Å². The fraction of sp³-hybridized carbons (Fsp3) is 0.353. The Hall–Kier alpha value is -2.67. The number of carbonyl (C=O) groups is 1. The molecule has 1 aliphatic heterocycles. The molecule has 1 fully saturated rings. The zero-order chi connectivity index (χ0) is 16.8. The predicted molar refractivity (Wildman–Crippen MR) is 90.4 cm³/mol. The zero-order valence-electron chi connectivity index (χ0n) is 13.5. The second-order valence-corrected chi connectivity index (χ2v) is 5.47. The Bertz CT molecular complexity index is 684. The highest BCUT2D eigenvalue weighted by Crippen LogP contribution is 2.23. The van der Waals surface area contributed by atoms with Gasteiger partial charge in [-0.1, -0.05) is 12.1 Å². The van der Waals surface area contributed by atoms with Gasteiger partial charge in [0.2, 0.25) is 0 Å². The Balaban J connectivity index is 1.59. The number of benzene rings is 1. The third-order valence-electron chi connectivity index (χ3n) is 3.79.